The normalized spacial score (nSPS) is 14.1. The third-order valence-corrected chi connectivity index (χ3v) is 4.57. The smallest absolute Gasteiger partial charge is 0.186 e. The van der Waals surface area contributed by atoms with Gasteiger partial charge in [-0.15, -0.1) is 15.3 Å². The maximum absolute atomic E-state index is 4.65. The van der Waals surface area contributed by atoms with Gasteiger partial charge in [-0.25, -0.2) is 0 Å². The summed E-state index contributed by atoms with van der Waals surface area (Å²) in [4.78, 5) is 0. The Morgan fingerprint density at radius 2 is 2.09 bits per heavy atom. The minimum atomic E-state index is 0.390. The van der Waals surface area contributed by atoms with Crippen LogP contribution in [0.25, 0.3) is 17.0 Å². The number of rotatable bonds is 6. The van der Waals surface area contributed by atoms with Crippen LogP contribution in [0.4, 0.5) is 5.82 Å². The molecule has 0 radical (unpaired) electrons. The zero-order chi connectivity index (χ0) is 15.5. The van der Waals surface area contributed by atoms with Crippen molar-refractivity contribution in [1.29, 1.82) is 0 Å². The number of hydrogen-bond acceptors (Lipinski definition) is 5. The van der Waals surface area contributed by atoms with E-state index in [-0.39, 0.29) is 0 Å². The van der Waals surface area contributed by atoms with E-state index in [1.165, 1.54) is 6.42 Å². The molecule has 5 nitrogen and oxygen atoms in total. The van der Waals surface area contributed by atoms with Gasteiger partial charge in [0, 0.05) is 17.0 Å². The Morgan fingerprint density at radius 3 is 2.82 bits per heavy atom. The molecule has 116 valence electrons. The van der Waals surface area contributed by atoms with Gasteiger partial charge in [-0.1, -0.05) is 20.3 Å². The minimum Gasteiger partial charge on any atom is -0.366 e. The molecule has 1 N–H and O–H groups in total. The predicted octanol–water partition coefficient (Wildman–Crippen LogP) is 4.09. The number of thiophene rings is 1. The largest absolute Gasteiger partial charge is 0.366 e. The molecule has 3 aromatic heterocycles. The van der Waals surface area contributed by atoms with Crippen molar-refractivity contribution in [3.63, 3.8) is 0 Å². The molecule has 0 amide bonds. The van der Waals surface area contributed by atoms with Crippen LogP contribution in [0.5, 0.6) is 0 Å². The summed E-state index contributed by atoms with van der Waals surface area (Å²) in [5, 5.41) is 20.7. The van der Waals surface area contributed by atoms with E-state index in [1.54, 1.807) is 15.9 Å². The van der Waals surface area contributed by atoms with Crippen molar-refractivity contribution < 1.29 is 0 Å². The molecule has 0 aromatic carbocycles. The minimum absolute atomic E-state index is 0.390. The van der Waals surface area contributed by atoms with Gasteiger partial charge >= 0.3 is 0 Å². The molecule has 0 aliphatic rings. The van der Waals surface area contributed by atoms with Crippen LogP contribution < -0.4 is 5.32 Å². The second-order valence-electron chi connectivity index (χ2n) is 5.82. The molecular formula is C16H21N5S. The third-order valence-electron chi connectivity index (χ3n) is 3.89. The van der Waals surface area contributed by atoms with Crippen molar-refractivity contribution in [2.45, 2.75) is 39.7 Å². The van der Waals surface area contributed by atoms with Crippen molar-refractivity contribution in [2.75, 3.05) is 5.32 Å². The first kappa shape index (κ1) is 15.0. The third kappa shape index (κ3) is 3.11. The molecule has 22 heavy (non-hydrogen) atoms. The molecule has 6 heteroatoms. The Morgan fingerprint density at radius 1 is 1.23 bits per heavy atom. The van der Waals surface area contributed by atoms with Crippen molar-refractivity contribution in [3.8, 4) is 11.4 Å². The van der Waals surface area contributed by atoms with Crippen LogP contribution in [0.1, 0.15) is 33.6 Å². The summed E-state index contributed by atoms with van der Waals surface area (Å²) in [6.45, 7) is 6.71. The van der Waals surface area contributed by atoms with Crippen LogP contribution in [-0.2, 0) is 0 Å². The monoisotopic (exact) mass is 315 g/mol. The summed E-state index contributed by atoms with van der Waals surface area (Å²) < 4.78 is 1.81. The number of aromatic nitrogens is 4. The Bertz CT molecular complexity index is 734. The van der Waals surface area contributed by atoms with Gasteiger partial charge in [-0.05, 0) is 42.8 Å². The lowest BCUT2D eigenvalue weighted by Crippen LogP contribution is -2.19. The highest BCUT2D eigenvalue weighted by molar-refractivity contribution is 7.08. The number of nitrogens with one attached hydrogen (secondary N) is 1. The standard InChI is InChI=1S/C16H21N5S/c1-4-11(2)9-12(3)17-14-5-6-15-18-19-16(21(15)20-14)13-7-8-22-10-13/h5-8,10-12H,4,9H2,1-3H3,(H,17,20). The van der Waals surface area contributed by atoms with Crippen LogP contribution in [0.2, 0.25) is 0 Å². The van der Waals surface area contributed by atoms with E-state index in [0.29, 0.717) is 12.0 Å². The first-order valence-corrected chi connectivity index (χ1v) is 8.63. The SMILES string of the molecule is CCC(C)CC(C)Nc1ccc2nnc(-c3ccsc3)n2n1. The molecule has 0 saturated carbocycles. The van der Waals surface area contributed by atoms with Crippen molar-refractivity contribution in [1.82, 2.24) is 19.8 Å². The van der Waals surface area contributed by atoms with Gasteiger partial charge in [0.05, 0.1) is 0 Å². The maximum atomic E-state index is 4.65. The number of fused-ring (bicyclic) bond motifs is 1. The molecule has 0 fully saturated rings. The van der Waals surface area contributed by atoms with E-state index >= 15 is 0 Å². The van der Waals surface area contributed by atoms with E-state index in [4.69, 9.17) is 0 Å². The molecule has 3 rings (SSSR count). The predicted molar refractivity (Wildman–Crippen MR) is 91.3 cm³/mol. The van der Waals surface area contributed by atoms with Crippen LogP contribution in [-0.4, -0.2) is 25.9 Å². The Balaban J connectivity index is 1.84. The lowest BCUT2D eigenvalue weighted by Gasteiger charge is -2.17. The average molecular weight is 315 g/mol. The first-order valence-electron chi connectivity index (χ1n) is 7.69. The van der Waals surface area contributed by atoms with Crippen LogP contribution in [0, 0.1) is 5.92 Å². The second-order valence-corrected chi connectivity index (χ2v) is 6.60. The van der Waals surface area contributed by atoms with Gasteiger partial charge in [0.25, 0.3) is 0 Å². The molecule has 0 aliphatic heterocycles. The van der Waals surface area contributed by atoms with Gasteiger partial charge in [-0.2, -0.15) is 15.9 Å². The lowest BCUT2D eigenvalue weighted by atomic mass is 10.0. The summed E-state index contributed by atoms with van der Waals surface area (Å²) in [7, 11) is 0. The molecule has 2 atom stereocenters. The molecular weight excluding hydrogens is 294 g/mol. The van der Waals surface area contributed by atoms with Crippen molar-refractivity contribution in [3.05, 3.63) is 29.0 Å². The fourth-order valence-corrected chi connectivity index (χ4v) is 3.15. The maximum Gasteiger partial charge on any atom is 0.186 e. The molecule has 0 aliphatic carbocycles. The Kier molecular flexibility index (Phi) is 4.38. The van der Waals surface area contributed by atoms with Gasteiger partial charge in [0.2, 0.25) is 0 Å². The van der Waals surface area contributed by atoms with Crippen molar-refractivity contribution >= 4 is 22.8 Å². The summed E-state index contributed by atoms with van der Waals surface area (Å²) in [6, 6.07) is 6.35. The molecule has 0 spiro atoms. The van der Waals surface area contributed by atoms with Gasteiger partial charge in [-0.3, -0.25) is 0 Å². The highest BCUT2D eigenvalue weighted by atomic mass is 32.1. The summed E-state index contributed by atoms with van der Waals surface area (Å²) in [5.41, 5.74) is 1.82. The van der Waals surface area contributed by atoms with E-state index in [0.717, 1.165) is 29.3 Å². The Labute approximate surface area is 134 Å². The fourth-order valence-electron chi connectivity index (χ4n) is 2.52. The number of anilines is 1. The van der Waals surface area contributed by atoms with E-state index in [2.05, 4.69) is 46.8 Å². The second kappa shape index (κ2) is 6.44. The first-order chi connectivity index (χ1) is 10.7. The molecule has 0 bridgehead atoms. The topological polar surface area (TPSA) is 55.1 Å². The summed E-state index contributed by atoms with van der Waals surface area (Å²) in [5.74, 6) is 2.36. The van der Waals surface area contributed by atoms with Gasteiger partial charge in [0.15, 0.2) is 11.5 Å². The lowest BCUT2D eigenvalue weighted by molar-refractivity contribution is 0.483. The fraction of sp³-hybridized carbons (Fsp3) is 0.438. The zero-order valence-electron chi connectivity index (χ0n) is 13.2. The van der Waals surface area contributed by atoms with Crippen molar-refractivity contribution in [2.24, 2.45) is 5.92 Å². The van der Waals surface area contributed by atoms with Crippen LogP contribution in [0.15, 0.2) is 29.0 Å². The van der Waals surface area contributed by atoms with Gasteiger partial charge < -0.3 is 5.32 Å². The van der Waals surface area contributed by atoms with Crippen LogP contribution in [0.3, 0.4) is 0 Å². The molecule has 3 aromatic rings. The number of hydrogen-bond donors (Lipinski definition) is 1. The summed E-state index contributed by atoms with van der Waals surface area (Å²) in [6.07, 6.45) is 2.34. The highest BCUT2D eigenvalue weighted by Gasteiger charge is 2.12. The number of nitrogens with zero attached hydrogens (tertiary/aromatic N) is 4. The van der Waals surface area contributed by atoms with Gasteiger partial charge in [0.1, 0.15) is 5.82 Å². The highest BCUT2D eigenvalue weighted by Crippen LogP contribution is 2.21. The van der Waals surface area contributed by atoms with E-state index < -0.39 is 0 Å². The molecule has 2 unspecified atom stereocenters. The summed E-state index contributed by atoms with van der Waals surface area (Å²) >= 11 is 1.65. The van der Waals surface area contributed by atoms with E-state index in [1.807, 2.05) is 23.6 Å². The van der Waals surface area contributed by atoms with E-state index in [9.17, 15) is 0 Å². The molecule has 3 heterocycles. The van der Waals surface area contributed by atoms with Crippen LogP contribution >= 0.6 is 11.3 Å². The molecule has 0 saturated heterocycles. The quantitative estimate of drug-likeness (QED) is 0.744. The average Bonchev–Trinajstić information content (AvgIpc) is 3.15. The zero-order valence-corrected chi connectivity index (χ0v) is 14.0. The Hall–Kier alpha value is -1.95.